The van der Waals surface area contributed by atoms with Gasteiger partial charge in [-0.2, -0.15) is 0 Å². The molecule has 0 aliphatic heterocycles. The van der Waals surface area contributed by atoms with E-state index in [1.807, 2.05) is 13.8 Å². The zero-order valence-electron chi connectivity index (χ0n) is 14.1. The van der Waals surface area contributed by atoms with Crippen molar-refractivity contribution in [1.82, 2.24) is 0 Å². The second-order valence-corrected chi connectivity index (χ2v) is 4.88. The summed E-state index contributed by atoms with van der Waals surface area (Å²) in [5.74, 6) is 0. The van der Waals surface area contributed by atoms with Crippen LogP contribution in [0.25, 0.3) is 0 Å². The Balaban J connectivity index is -0.000000249. The number of allylic oxidation sites excluding steroid dienone is 1. The molecule has 0 heterocycles. The van der Waals surface area contributed by atoms with E-state index in [0.29, 0.717) is 18.3 Å². The Bertz CT molecular complexity index is 213. The lowest BCUT2D eigenvalue weighted by atomic mass is 10.1. The summed E-state index contributed by atoms with van der Waals surface area (Å²) < 4.78 is 5.74. The van der Waals surface area contributed by atoms with Gasteiger partial charge in [0.05, 0.1) is 11.7 Å². The predicted molar refractivity (Wildman–Crippen MR) is 88.1 cm³/mol. The maximum absolute atomic E-state index is 5.74. The van der Waals surface area contributed by atoms with E-state index in [9.17, 15) is 0 Å². The summed E-state index contributed by atoms with van der Waals surface area (Å²) in [7, 11) is 0. The van der Waals surface area contributed by atoms with Gasteiger partial charge in [0.1, 0.15) is 0 Å². The molecule has 19 heavy (non-hydrogen) atoms. The van der Waals surface area contributed by atoms with E-state index in [1.54, 1.807) is 12.2 Å². The first-order valence-electron chi connectivity index (χ1n) is 7.25. The molecule has 0 aliphatic carbocycles. The molecule has 0 amide bonds. The first-order chi connectivity index (χ1) is 8.76. The number of ether oxygens (including phenoxy) is 1. The molecule has 0 spiro atoms. The van der Waals surface area contributed by atoms with Crippen molar-refractivity contribution in [3.8, 4) is 0 Å². The van der Waals surface area contributed by atoms with E-state index in [-0.39, 0.29) is 5.60 Å². The summed E-state index contributed by atoms with van der Waals surface area (Å²) in [5.41, 5.74) is 10.8. The third kappa shape index (κ3) is 26.7. The maximum Gasteiger partial charge on any atom is 0.0602 e. The molecule has 0 saturated heterocycles. The zero-order chi connectivity index (χ0) is 15.9. The molecule has 0 atom stereocenters. The molecule has 0 rings (SSSR count). The van der Waals surface area contributed by atoms with Crippen LogP contribution in [0.3, 0.4) is 0 Å². The molecule has 0 fully saturated rings. The summed E-state index contributed by atoms with van der Waals surface area (Å²) in [4.78, 5) is 0. The normalized spacial score (nSPS) is 10.6. The van der Waals surface area contributed by atoms with Gasteiger partial charge in [0.2, 0.25) is 0 Å². The molecule has 3 heteroatoms. The van der Waals surface area contributed by atoms with Crippen LogP contribution < -0.4 is 11.5 Å². The van der Waals surface area contributed by atoms with Crippen LogP contribution in [0.5, 0.6) is 0 Å². The minimum Gasteiger partial charge on any atom is -0.399 e. The topological polar surface area (TPSA) is 61.3 Å². The highest BCUT2D eigenvalue weighted by Gasteiger charge is 2.15. The van der Waals surface area contributed by atoms with Crippen LogP contribution >= 0.6 is 0 Å². The van der Waals surface area contributed by atoms with E-state index in [0.717, 1.165) is 12.8 Å². The summed E-state index contributed by atoms with van der Waals surface area (Å²) in [6.45, 7) is 18.6. The Labute approximate surface area is 121 Å². The monoisotopic (exact) mass is 272 g/mol. The second-order valence-electron chi connectivity index (χ2n) is 4.88. The van der Waals surface area contributed by atoms with Crippen LogP contribution in [0.15, 0.2) is 24.4 Å². The molecule has 0 aromatic heterocycles. The average molecular weight is 272 g/mol. The Morgan fingerprint density at radius 2 is 1.63 bits per heavy atom. The lowest BCUT2D eigenvalue weighted by Crippen LogP contribution is -2.26. The average Bonchev–Trinajstić information content (AvgIpc) is 2.35. The Morgan fingerprint density at radius 1 is 1.21 bits per heavy atom. The Kier molecular flexibility index (Phi) is 18.7. The standard InChI is InChI=1S/C9H20O.C5H10N2.C2H6/c1-6-8(7-2)10-9(3,4)5;1-5(7)3-2-4-6;1-2/h8H,6-7H2,1-5H3;2-3H,1,4,6-7H2;1-2H3/b;3-2-;. The van der Waals surface area contributed by atoms with Crippen LogP contribution in [-0.4, -0.2) is 18.2 Å². The lowest BCUT2D eigenvalue weighted by molar-refractivity contribution is -0.0621. The van der Waals surface area contributed by atoms with Crippen molar-refractivity contribution in [2.24, 2.45) is 11.5 Å². The predicted octanol–water partition coefficient (Wildman–Crippen LogP) is 3.99. The van der Waals surface area contributed by atoms with Crippen molar-refractivity contribution in [2.45, 2.75) is 73.0 Å². The number of nitrogens with two attached hydrogens (primary N) is 2. The van der Waals surface area contributed by atoms with E-state index < -0.39 is 0 Å². The van der Waals surface area contributed by atoms with Gasteiger partial charge in [-0.15, -0.1) is 0 Å². The van der Waals surface area contributed by atoms with Gasteiger partial charge in [0.25, 0.3) is 0 Å². The van der Waals surface area contributed by atoms with E-state index in [4.69, 9.17) is 16.2 Å². The van der Waals surface area contributed by atoms with Gasteiger partial charge >= 0.3 is 0 Å². The molecule has 0 aliphatic rings. The number of rotatable bonds is 5. The third-order valence-corrected chi connectivity index (χ3v) is 1.90. The fourth-order valence-corrected chi connectivity index (χ4v) is 1.17. The quantitative estimate of drug-likeness (QED) is 0.744. The zero-order valence-corrected chi connectivity index (χ0v) is 14.1. The first kappa shape index (κ1) is 23.3. The fraction of sp³-hybridized carbons (Fsp3) is 0.750. The molecule has 0 aromatic rings. The van der Waals surface area contributed by atoms with Gasteiger partial charge in [0.15, 0.2) is 0 Å². The van der Waals surface area contributed by atoms with Gasteiger partial charge < -0.3 is 16.2 Å². The van der Waals surface area contributed by atoms with Crippen molar-refractivity contribution in [3.63, 3.8) is 0 Å². The summed E-state index contributed by atoms with van der Waals surface area (Å²) >= 11 is 0. The molecule has 0 bridgehead atoms. The third-order valence-electron chi connectivity index (χ3n) is 1.90. The number of hydrogen-bond acceptors (Lipinski definition) is 3. The fourth-order valence-electron chi connectivity index (χ4n) is 1.17. The first-order valence-corrected chi connectivity index (χ1v) is 7.25. The maximum atomic E-state index is 5.74. The Hall–Kier alpha value is -0.800. The smallest absolute Gasteiger partial charge is 0.0602 e. The van der Waals surface area contributed by atoms with E-state index in [1.165, 1.54) is 0 Å². The van der Waals surface area contributed by atoms with Crippen LogP contribution in [0.4, 0.5) is 0 Å². The SMILES string of the molecule is C=C(N)/C=C\CN.CC.CCC(CC)OC(C)(C)C. The summed E-state index contributed by atoms with van der Waals surface area (Å²) in [6, 6.07) is 0. The minimum absolute atomic E-state index is 0.0245. The minimum atomic E-state index is 0.0245. The molecule has 0 aromatic carbocycles. The van der Waals surface area contributed by atoms with E-state index >= 15 is 0 Å². The van der Waals surface area contributed by atoms with Gasteiger partial charge in [-0.1, -0.05) is 40.3 Å². The lowest BCUT2D eigenvalue weighted by Gasteiger charge is -2.25. The van der Waals surface area contributed by atoms with Crippen LogP contribution in [0.2, 0.25) is 0 Å². The van der Waals surface area contributed by atoms with Crippen molar-refractivity contribution in [3.05, 3.63) is 24.4 Å². The van der Waals surface area contributed by atoms with Crippen LogP contribution in [-0.2, 0) is 4.74 Å². The molecule has 0 saturated carbocycles. The van der Waals surface area contributed by atoms with Crippen molar-refractivity contribution in [1.29, 1.82) is 0 Å². The second kappa shape index (κ2) is 15.3. The Morgan fingerprint density at radius 3 is 1.74 bits per heavy atom. The highest BCUT2D eigenvalue weighted by Crippen LogP contribution is 2.14. The molecule has 4 N–H and O–H groups in total. The molecule has 0 radical (unpaired) electrons. The van der Waals surface area contributed by atoms with Crippen molar-refractivity contribution in [2.75, 3.05) is 6.54 Å². The molecule has 3 nitrogen and oxygen atoms in total. The van der Waals surface area contributed by atoms with Gasteiger partial charge in [-0.05, 0) is 39.7 Å². The van der Waals surface area contributed by atoms with Gasteiger partial charge in [-0.3, -0.25) is 0 Å². The highest BCUT2D eigenvalue weighted by molar-refractivity contribution is 5.09. The highest BCUT2D eigenvalue weighted by atomic mass is 16.5. The van der Waals surface area contributed by atoms with Crippen LogP contribution in [0.1, 0.15) is 61.3 Å². The molecular weight excluding hydrogens is 236 g/mol. The number of hydrogen-bond donors (Lipinski definition) is 2. The molecule has 0 unspecified atom stereocenters. The van der Waals surface area contributed by atoms with Gasteiger partial charge in [-0.25, -0.2) is 0 Å². The van der Waals surface area contributed by atoms with Crippen LogP contribution in [0, 0.1) is 0 Å². The van der Waals surface area contributed by atoms with Crippen molar-refractivity contribution >= 4 is 0 Å². The molecular formula is C16H36N2O. The van der Waals surface area contributed by atoms with Gasteiger partial charge in [0, 0.05) is 12.2 Å². The molecule has 116 valence electrons. The van der Waals surface area contributed by atoms with E-state index in [2.05, 4.69) is 41.2 Å². The van der Waals surface area contributed by atoms with Crippen molar-refractivity contribution < 1.29 is 4.74 Å². The summed E-state index contributed by atoms with van der Waals surface area (Å²) in [6.07, 6.45) is 6.11. The largest absolute Gasteiger partial charge is 0.399 e. The summed E-state index contributed by atoms with van der Waals surface area (Å²) in [5, 5.41) is 0.